The minimum Gasteiger partial charge on any atom is -0.335 e. The lowest BCUT2D eigenvalue weighted by Gasteiger charge is -2.35. The number of hydrogen-bond acceptors (Lipinski definition) is 6. The number of sulfonamides is 1. The molecular weight excluding hydrogens is 505 g/mol. The Morgan fingerprint density at radius 2 is 1.92 bits per heavy atom. The van der Waals surface area contributed by atoms with Gasteiger partial charge in [0.2, 0.25) is 11.8 Å². The molecule has 12 heteroatoms. The first kappa shape index (κ1) is 23.9. The van der Waals surface area contributed by atoms with Crippen molar-refractivity contribution in [3.63, 3.8) is 0 Å². The van der Waals surface area contributed by atoms with Crippen LogP contribution in [-0.4, -0.2) is 54.3 Å². The molecule has 1 saturated heterocycles. The molecule has 1 N–H and O–H groups in total. The maximum Gasteiger partial charge on any atom is 0.263 e. The monoisotopic (exact) mass is 527 g/mol. The summed E-state index contributed by atoms with van der Waals surface area (Å²) in [4.78, 5) is 33.1. The van der Waals surface area contributed by atoms with Gasteiger partial charge in [-0.25, -0.2) is 17.8 Å². The minimum atomic E-state index is -3.80. The van der Waals surface area contributed by atoms with Crippen LogP contribution in [0.25, 0.3) is 10.9 Å². The lowest BCUT2D eigenvalue weighted by molar-refractivity contribution is -0.139. The van der Waals surface area contributed by atoms with E-state index in [1.54, 1.807) is 47.3 Å². The number of anilines is 2. The number of fused-ring (bicyclic) bond motifs is 1. The van der Waals surface area contributed by atoms with Crippen molar-refractivity contribution in [2.75, 3.05) is 29.3 Å². The Balaban J connectivity index is 1.26. The fraction of sp³-hybridized carbons (Fsp3) is 0.208. The highest BCUT2D eigenvalue weighted by Gasteiger charge is 2.31. The average Bonchev–Trinajstić information content (AvgIpc) is 3.52. The molecule has 0 bridgehead atoms. The zero-order valence-electron chi connectivity index (χ0n) is 19.2. The zero-order valence-corrected chi connectivity index (χ0v) is 20.8. The van der Waals surface area contributed by atoms with Gasteiger partial charge in [0.05, 0.1) is 4.90 Å². The summed E-state index contributed by atoms with van der Waals surface area (Å²) < 4.78 is 42.8. The Labute approximate surface area is 210 Å². The molecule has 0 radical (unpaired) electrons. The van der Waals surface area contributed by atoms with Crippen LogP contribution in [0, 0.1) is 5.82 Å². The van der Waals surface area contributed by atoms with Gasteiger partial charge in [0.1, 0.15) is 18.4 Å². The lowest BCUT2D eigenvalue weighted by atomic mass is 10.2. The largest absolute Gasteiger partial charge is 0.335 e. The summed E-state index contributed by atoms with van der Waals surface area (Å²) in [6, 6.07) is 11.6. The van der Waals surface area contributed by atoms with Crippen LogP contribution in [0.2, 0.25) is 0 Å². The lowest BCUT2D eigenvalue weighted by Crippen LogP contribution is -2.53. The first-order valence-corrected chi connectivity index (χ1v) is 13.5. The maximum absolute atomic E-state index is 13.5. The number of amides is 2. The van der Waals surface area contributed by atoms with E-state index >= 15 is 0 Å². The summed E-state index contributed by atoms with van der Waals surface area (Å²) in [5.74, 6) is -0.820. The van der Waals surface area contributed by atoms with Gasteiger partial charge in [-0.1, -0.05) is 0 Å². The predicted molar refractivity (Wildman–Crippen MR) is 135 cm³/mol. The topological polar surface area (TPSA) is 105 Å². The molecule has 9 nitrogen and oxygen atoms in total. The molecule has 2 aromatic carbocycles. The van der Waals surface area contributed by atoms with Gasteiger partial charge in [0, 0.05) is 47.5 Å². The molecule has 2 amide bonds. The Bertz CT molecular complexity index is 1530. The third-order valence-electron chi connectivity index (χ3n) is 6.10. The van der Waals surface area contributed by atoms with Crippen LogP contribution in [0.15, 0.2) is 71.2 Å². The van der Waals surface area contributed by atoms with Gasteiger partial charge in [-0.3, -0.25) is 14.3 Å². The summed E-state index contributed by atoms with van der Waals surface area (Å²) in [7, 11) is -3.80. The Kier molecular flexibility index (Phi) is 6.22. The molecule has 3 heterocycles. The first-order chi connectivity index (χ1) is 17.2. The van der Waals surface area contributed by atoms with E-state index < -0.39 is 16.1 Å². The Hall–Kier alpha value is -3.77. The fourth-order valence-corrected chi connectivity index (χ4v) is 6.03. The average molecular weight is 528 g/mol. The summed E-state index contributed by atoms with van der Waals surface area (Å²) in [5, 5.41) is 2.63. The number of carbonyl (C=O) groups excluding carboxylic acids is 2. The van der Waals surface area contributed by atoms with Crippen molar-refractivity contribution in [2.24, 2.45) is 0 Å². The predicted octanol–water partition coefficient (Wildman–Crippen LogP) is 3.47. The van der Waals surface area contributed by atoms with Crippen LogP contribution in [0.1, 0.15) is 13.0 Å². The summed E-state index contributed by atoms with van der Waals surface area (Å²) in [6.45, 7) is 2.26. The molecule has 0 aliphatic carbocycles. The normalized spacial score (nSPS) is 15.3. The highest BCUT2D eigenvalue weighted by atomic mass is 32.2. The number of aromatic nitrogens is 2. The maximum atomic E-state index is 13.5. The van der Waals surface area contributed by atoms with E-state index in [9.17, 15) is 22.4 Å². The van der Waals surface area contributed by atoms with Gasteiger partial charge in [-0.15, -0.1) is 11.3 Å². The van der Waals surface area contributed by atoms with Gasteiger partial charge < -0.3 is 14.4 Å². The molecule has 1 atom stereocenters. The summed E-state index contributed by atoms with van der Waals surface area (Å²) >= 11 is 1.17. The van der Waals surface area contributed by atoms with E-state index in [0.29, 0.717) is 17.6 Å². The quantitative estimate of drug-likeness (QED) is 0.414. The number of hydrogen-bond donors (Lipinski definition) is 1. The standard InChI is InChI=1S/C24H22FN5O4S2/c1-16(29-10-8-17-14-18(25)2-7-21(17)29)23(32)28-11-12-30(22(31)15-28)19-3-5-20(6-4-19)36(33,34)27-24-26-9-13-35-24/h2-10,13-14,16H,11-12,15H2,1H3,(H,26,27). The number of carbonyl (C=O) groups is 2. The molecule has 4 aromatic rings. The molecule has 1 fully saturated rings. The van der Waals surface area contributed by atoms with Crippen LogP contribution >= 0.6 is 11.3 Å². The third kappa shape index (κ3) is 4.56. The van der Waals surface area contributed by atoms with Crippen molar-refractivity contribution in [1.29, 1.82) is 0 Å². The second-order valence-electron chi connectivity index (χ2n) is 8.34. The van der Waals surface area contributed by atoms with Crippen LogP contribution < -0.4 is 9.62 Å². The van der Waals surface area contributed by atoms with Crippen LogP contribution in [0.3, 0.4) is 0 Å². The number of nitrogens with one attached hydrogen (secondary N) is 1. The van der Waals surface area contributed by atoms with Crippen molar-refractivity contribution in [2.45, 2.75) is 17.9 Å². The van der Waals surface area contributed by atoms with E-state index in [-0.39, 0.29) is 40.7 Å². The van der Waals surface area contributed by atoms with Crippen molar-refractivity contribution >= 4 is 54.9 Å². The number of halogens is 1. The van der Waals surface area contributed by atoms with Gasteiger partial charge in [0.15, 0.2) is 5.13 Å². The van der Waals surface area contributed by atoms with Crippen LogP contribution in [0.5, 0.6) is 0 Å². The number of rotatable bonds is 6. The molecule has 0 spiro atoms. The summed E-state index contributed by atoms with van der Waals surface area (Å²) in [6.07, 6.45) is 3.24. The third-order valence-corrected chi connectivity index (χ3v) is 8.27. The van der Waals surface area contributed by atoms with Gasteiger partial charge in [0.25, 0.3) is 10.0 Å². The van der Waals surface area contributed by atoms with E-state index in [2.05, 4.69) is 9.71 Å². The van der Waals surface area contributed by atoms with Crippen LogP contribution in [-0.2, 0) is 19.6 Å². The van der Waals surface area contributed by atoms with E-state index in [0.717, 1.165) is 5.52 Å². The van der Waals surface area contributed by atoms with Gasteiger partial charge in [-0.2, -0.15) is 0 Å². The molecule has 5 rings (SSSR count). The molecular formula is C24H22FN5O4S2. The van der Waals surface area contributed by atoms with Crippen molar-refractivity contribution in [3.05, 3.63) is 72.1 Å². The smallest absolute Gasteiger partial charge is 0.263 e. The highest BCUT2D eigenvalue weighted by Crippen LogP contribution is 2.25. The molecule has 1 unspecified atom stereocenters. The SMILES string of the molecule is CC(C(=O)N1CCN(c2ccc(S(=O)(=O)Nc3nccs3)cc2)C(=O)C1)n1ccc2cc(F)ccc21. The van der Waals surface area contributed by atoms with Gasteiger partial charge in [-0.05, 0) is 55.5 Å². The van der Waals surface area contributed by atoms with Crippen LogP contribution in [0.4, 0.5) is 15.2 Å². The van der Waals surface area contributed by atoms with E-state index in [1.165, 1.54) is 51.6 Å². The second-order valence-corrected chi connectivity index (χ2v) is 10.9. The number of piperazine rings is 1. The highest BCUT2D eigenvalue weighted by molar-refractivity contribution is 7.93. The fourth-order valence-electron chi connectivity index (χ4n) is 4.24. The van der Waals surface area contributed by atoms with Crippen molar-refractivity contribution < 1.29 is 22.4 Å². The molecule has 1 aliphatic rings. The molecule has 2 aromatic heterocycles. The number of thiazole rings is 1. The molecule has 36 heavy (non-hydrogen) atoms. The number of benzene rings is 2. The molecule has 186 valence electrons. The number of nitrogens with zero attached hydrogens (tertiary/aromatic N) is 4. The minimum absolute atomic E-state index is 0.0513. The summed E-state index contributed by atoms with van der Waals surface area (Å²) in [5.41, 5.74) is 1.29. The Morgan fingerprint density at radius 3 is 2.61 bits per heavy atom. The zero-order chi connectivity index (χ0) is 25.4. The van der Waals surface area contributed by atoms with Crippen molar-refractivity contribution in [1.82, 2.24) is 14.5 Å². The Morgan fingerprint density at radius 1 is 1.14 bits per heavy atom. The second kappa shape index (κ2) is 9.36. The first-order valence-electron chi connectivity index (χ1n) is 11.1. The van der Waals surface area contributed by atoms with Gasteiger partial charge >= 0.3 is 0 Å². The molecule has 1 aliphatic heterocycles. The van der Waals surface area contributed by atoms with E-state index in [4.69, 9.17) is 0 Å². The van der Waals surface area contributed by atoms with E-state index in [1.807, 2.05) is 0 Å². The van der Waals surface area contributed by atoms with Crippen molar-refractivity contribution in [3.8, 4) is 0 Å². The molecule has 0 saturated carbocycles.